The maximum absolute atomic E-state index is 6.32. The number of rotatable bonds is 9. The highest BCUT2D eigenvalue weighted by molar-refractivity contribution is 5.14. The zero-order valence-corrected chi connectivity index (χ0v) is 12.2. The average molecular weight is 260 g/mol. The first-order chi connectivity index (χ1) is 9.29. The molecule has 2 heteroatoms. The Balaban J connectivity index is 1.71. The molecule has 0 spiro atoms. The molecular formula is C17H28N2. The quantitative estimate of drug-likeness (QED) is 0.738. The lowest BCUT2D eigenvalue weighted by Crippen LogP contribution is -2.39. The molecule has 1 aliphatic rings. The Morgan fingerprint density at radius 2 is 2.00 bits per heavy atom. The summed E-state index contributed by atoms with van der Waals surface area (Å²) in [4.78, 5) is 2.62. The normalized spacial score (nSPS) is 16.8. The summed E-state index contributed by atoms with van der Waals surface area (Å²) in [6, 6.07) is 11.8. The van der Waals surface area contributed by atoms with Crippen LogP contribution in [0.2, 0.25) is 0 Å². The van der Waals surface area contributed by atoms with Gasteiger partial charge in [-0.3, -0.25) is 4.90 Å². The summed E-state index contributed by atoms with van der Waals surface area (Å²) in [7, 11) is 0. The molecule has 1 atom stereocenters. The molecule has 1 aromatic rings. The topological polar surface area (TPSA) is 29.3 Å². The lowest BCUT2D eigenvalue weighted by molar-refractivity contribution is 0.239. The number of hydrogen-bond acceptors (Lipinski definition) is 2. The molecule has 0 aromatic heterocycles. The molecule has 0 bridgehead atoms. The maximum atomic E-state index is 6.32. The third-order valence-electron chi connectivity index (χ3n) is 3.98. The van der Waals surface area contributed by atoms with Crippen molar-refractivity contribution in [3.8, 4) is 0 Å². The summed E-state index contributed by atoms with van der Waals surface area (Å²) in [5.74, 6) is 0. The second kappa shape index (κ2) is 7.66. The predicted molar refractivity (Wildman–Crippen MR) is 82.2 cm³/mol. The number of benzene rings is 1. The molecule has 1 aliphatic carbocycles. The Labute approximate surface area is 118 Å². The van der Waals surface area contributed by atoms with Crippen molar-refractivity contribution in [1.29, 1.82) is 0 Å². The lowest BCUT2D eigenvalue weighted by atomic mass is 10.1. The van der Waals surface area contributed by atoms with Gasteiger partial charge in [0.05, 0.1) is 0 Å². The largest absolute Gasteiger partial charge is 0.327 e. The van der Waals surface area contributed by atoms with E-state index >= 15 is 0 Å². The van der Waals surface area contributed by atoms with E-state index in [-0.39, 0.29) is 0 Å². The molecule has 1 saturated carbocycles. The molecular weight excluding hydrogens is 232 g/mol. The second-order valence-corrected chi connectivity index (χ2v) is 5.86. The van der Waals surface area contributed by atoms with E-state index in [4.69, 9.17) is 5.73 Å². The standard InChI is InChI=1S/C17H28N2/c1-2-3-13-19(17-11-12-17)14-16(18)10-9-15-7-5-4-6-8-15/h4-8,16-17H,2-3,9-14,18H2,1H3. The molecule has 0 saturated heterocycles. The van der Waals surface area contributed by atoms with Crippen molar-refractivity contribution in [2.24, 2.45) is 5.73 Å². The molecule has 0 aliphatic heterocycles. The first-order valence-corrected chi connectivity index (χ1v) is 7.83. The summed E-state index contributed by atoms with van der Waals surface area (Å²) >= 11 is 0. The van der Waals surface area contributed by atoms with Crippen molar-refractivity contribution in [2.75, 3.05) is 13.1 Å². The first kappa shape index (κ1) is 14.5. The molecule has 0 radical (unpaired) electrons. The zero-order chi connectivity index (χ0) is 13.5. The van der Waals surface area contributed by atoms with Gasteiger partial charge in [-0.2, -0.15) is 0 Å². The Bertz CT molecular complexity index is 346. The van der Waals surface area contributed by atoms with Crippen molar-refractivity contribution in [1.82, 2.24) is 4.90 Å². The SMILES string of the molecule is CCCCN(CC(N)CCc1ccccc1)C1CC1. The van der Waals surface area contributed by atoms with E-state index < -0.39 is 0 Å². The Morgan fingerprint density at radius 3 is 2.63 bits per heavy atom. The summed E-state index contributed by atoms with van der Waals surface area (Å²) in [5, 5.41) is 0. The van der Waals surface area contributed by atoms with Gasteiger partial charge in [0.2, 0.25) is 0 Å². The van der Waals surface area contributed by atoms with Crippen LogP contribution in [0.3, 0.4) is 0 Å². The van der Waals surface area contributed by atoms with Crippen LogP contribution in [0.5, 0.6) is 0 Å². The Morgan fingerprint density at radius 1 is 1.26 bits per heavy atom. The number of nitrogens with two attached hydrogens (primary N) is 1. The highest BCUT2D eigenvalue weighted by atomic mass is 15.2. The minimum atomic E-state index is 0.317. The van der Waals surface area contributed by atoms with Gasteiger partial charge in [0.15, 0.2) is 0 Å². The van der Waals surface area contributed by atoms with Crippen molar-refractivity contribution < 1.29 is 0 Å². The molecule has 1 aromatic carbocycles. The van der Waals surface area contributed by atoms with Gasteiger partial charge in [-0.05, 0) is 44.2 Å². The molecule has 106 valence electrons. The fourth-order valence-corrected chi connectivity index (χ4v) is 2.61. The van der Waals surface area contributed by atoms with E-state index in [1.54, 1.807) is 0 Å². The van der Waals surface area contributed by atoms with E-state index in [0.29, 0.717) is 6.04 Å². The predicted octanol–water partition coefficient (Wildman–Crippen LogP) is 3.21. The van der Waals surface area contributed by atoms with Crippen molar-refractivity contribution in [3.63, 3.8) is 0 Å². The number of hydrogen-bond donors (Lipinski definition) is 1. The average Bonchev–Trinajstić information content (AvgIpc) is 3.27. The third-order valence-corrected chi connectivity index (χ3v) is 3.98. The van der Waals surface area contributed by atoms with Crippen LogP contribution in [0, 0.1) is 0 Å². The van der Waals surface area contributed by atoms with E-state index in [1.807, 2.05) is 0 Å². The van der Waals surface area contributed by atoms with Crippen LogP contribution in [0.1, 0.15) is 44.6 Å². The van der Waals surface area contributed by atoms with E-state index in [2.05, 4.69) is 42.2 Å². The van der Waals surface area contributed by atoms with Crippen molar-refractivity contribution >= 4 is 0 Å². The van der Waals surface area contributed by atoms with Gasteiger partial charge >= 0.3 is 0 Å². The highest BCUT2D eigenvalue weighted by Crippen LogP contribution is 2.27. The summed E-state index contributed by atoms with van der Waals surface area (Å²) in [6.45, 7) is 4.58. The van der Waals surface area contributed by atoms with E-state index in [9.17, 15) is 0 Å². The van der Waals surface area contributed by atoms with Crippen LogP contribution in [0.15, 0.2) is 30.3 Å². The van der Waals surface area contributed by atoms with Gasteiger partial charge in [0, 0.05) is 18.6 Å². The Hall–Kier alpha value is -0.860. The van der Waals surface area contributed by atoms with Crippen LogP contribution in [-0.4, -0.2) is 30.1 Å². The Kier molecular flexibility index (Phi) is 5.87. The number of aryl methyl sites for hydroxylation is 1. The molecule has 1 fully saturated rings. The minimum Gasteiger partial charge on any atom is -0.327 e. The molecule has 2 rings (SSSR count). The molecule has 19 heavy (non-hydrogen) atoms. The smallest absolute Gasteiger partial charge is 0.0171 e. The van der Waals surface area contributed by atoms with Crippen LogP contribution in [-0.2, 0) is 6.42 Å². The van der Waals surface area contributed by atoms with Gasteiger partial charge in [0.1, 0.15) is 0 Å². The first-order valence-electron chi connectivity index (χ1n) is 7.83. The minimum absolute atomic E-state index is 0.317. The highest BCUT2D eigenvalue weighted by Gasteiger charge is 2.29. The van der Waals surface area contributed by atoms with Gasteiger partial charge in [-0.15, -0.1) is 0 Å². The maximum Gasteiger partial charge on any atom is 0.0171 e. The third kappa shape index (κ3) is 5.33. The summed E-state index contributed by atoms with van der Waals surface area (Å²) in [5.41, 5.74) is 7.72. The monoisotopic (exact) mass is 260 g/mol. The molecule has 0 heterocycles. The van der Waals surface area contributed by atoms with E-state index in [0.717, 1.165) is 25.4 Å². The number of unbranched alkanes of at least 4 members (excludes halogenated alkanes) is 1. The molecule has 2 nitrogen and oxygen atoms in total. The van der Waals surface area contributed by atoms with E-state index in [1.165, 1.54) is 37.8 Å². The summed E-state index contributed by atoms with van der Waals surface area (Å²) < 4.78 is 0. The fraction of sp³-hybridized carbons (Fsp3) is 0.647. The van der Waals surface area contributed by atoms with Crippen molar-refractivity contribution in [2.45, 2.75) is 57.5 Å². The van der Waals surface area contributed by atoms with Crippen LogP contribution >= 0.6 is 0 Å². The van der Waals surface area contributed by atoms with Crippen molar-refractivity contribution in [3.05, 3.63) is 35.9 Å². The molecule has 1 unspecified atom stereocenters. The summed E-state index contributed by atoms with van der Waals surface area (Å²) in [6.07, 6.45) is 7.56. The van der Waals surface area contributed by atoms with Gasteiger partial charge in [-0.25, -0.2) is 0 Å². The molecule has 2 N–H and O–H groups in total. The van der Waals surface area contributed by atoms with Crippen LogP contribution in [0.4, 0.5) is 0 Å². The second-order valence-electron chi connectivity index (χ2n) is 5.86. The number of nitrogens with zero attached hydrogens (tertiary/aromatic N) is 1. The van der Waals surface area contributed by atoms with Gasteiger partial charge < -0.3 is 5.73 Å². The van der Waals surface area contributed by atoms with Crippen LogP contribution < -0.4 is 5.73 Å². The van der Waals surface area contributed by atoms with Crippen LogP contribution in [0.25, 0.3) is 0 Å². The zero-order valence-electron chi connectivity index (χ0n) is 12.2. The van der Waals surface area contributed by atoms with Gasteiger partial charge in [-0.1, -0.05) is 43.7 Å². The molecule has 0 amide bonds. The van der Waals surface area contributed by atoms with Gasteiger partial charge in [0.25, 0.3) is 0 Å². The fourth-order valence-electron chi connectivity index (χ4n) is 2.61. The lowest BCUT2D eigenvalue weighted by Gasteiger charge is -2.25.